The molecule has 0 radical (unpaired) electrons. The van der Waals surface area contributed by atoms with E-state index in [4.69, 9.17) is 23.1 Å². The average Bonchev–Trinajstić information content (AvgIpc) is 2.10. The molecule has 0 aliphatic heterocycles. The van der Waals surface area contributed by atoms with E-state index in [0.29, 0.717) is 30.9 Å². The first-order chi connectivity index (χ1) is 6.52. The van der Waals surface area contributed by atoms with Crippen molar-refractivity contribution in [2.75, 3.05) is 13.1 Å². The number of likely N-dealkylation sites (N-methyl/N-ethyl adjacent to an activating group) is 1. The molecule has 0 amide bonds. The molecule has 0 fully saturated rings. The zero-order chi connectivity index (χ0) is 11.1. The van der Waals surface area contributed by atoms with Gasteiger partial charge in [-0.05, 0) is 13.0 Å². The summed E-state index contributed by atoms with van der Waals surface area (Å²) in [5, 5.41) is 8.93. The normalized spacial score (nSPS) is 12.8. The van der Waals surface area contributed by atoms with Crippen LogP contribution in [0, 0.1) is 0 Å². The maximum atomic E-state index is 10.9. The molecule has 0 aliphatic rings. The molecule has 0 aromatic rings. The molecule has 0 aromatic carbocycles. The maximum absolute atomic E-state index is 10.9. The lowest BCUT2D eigenvalue weighted by atomic mass is 10.2. The Morgan fingerprint density at radius 2 is 2.14 bits per heavy atom. The van der Waals surface area contributed by atoms with E-state index < -0.39 is 12.0 Å². The number of hydrogen-bond acceptors (Lipinski definition) is 3. The summed E-state index contributed by atoms with van der Waals surface area (Å²) in [5.74, 6) is -0.780. The first-order valence-corrected chi connectivity index (χ1v) is 5.18. The van der Waals surface area contributed by atoms with Gasteiger partial charge in [-0.15, -0.1) is 0 Å². The monoisotopic (exact) mass is 218 g/mol. The average molecular weight is 218 g/mol. The highest BCUT2D eigenvalue weighted by Crippen LogP contribution is 2.05. The number of thiocarbonyl (C=S) groups is 1. The molecule has 14 heavy (non-hydrogen) atoms. The van der Waals surface area contributed by atoms with Crippen LogP contribution in [-0.4, -0.2) is 40.1 Å². The maximum Gasteiger partial charge on any atom is 0.320 e. The zero-order valence-corrected chi connectivity index (χ0v) is 9.51. The van der Waals surface area contributed by atoms with Crippen LogP contribution < -0.4 is 5.73 Å². The minimum Gasteiger partial charge on any atom is -0.480 e. The topological polar surface area (TPSA) is 66.6 Å². The van der Waals surface area contributed by atoms with Crippen LogP contribution in [0.3, 0.4) is 0 Å². The first-order valence-electron chi connectivity index (χ1n) is 4.78. The summed E-state index contributed by atoms with van der Waals surface area (Å²) in [5.41, 5.74) is 5.37. The van der Waals surface area contributed by atoms with Gasteiger partial charge in [0.2, 0.25) is 0 Å². The summed E-state index contributed by atoms with van der Waals surface area (Å²) in [4.78, 5) is 13.2. The minimum absolute atomic E-state index is 0.422. The van der Waals surface area contributed by atoms with Gasteiger partial charge in [0.1, 0.15) is 6.04 Å². The molecular weight excluding hydrogens is 200 g/mol. The van der Waals surface area contributed by atoms with Crippen molar-refractivity contribution in [1.29, 1.82) is 0 Å². The molecule has 0 aromatic heterocycles. The molecule has 82 valence electrons. The number of carbonyl (C=O) groups is 1. The van der Waals surface area contributed by atoms with E-state index in [1.807, 2.05) is 18.7 Å². The lowest BCUT2D eigenvalue weighted by molar-refractivity contribution is -0.143. The van der Waals surface area contributed by atoms with Gasteiger partial charge in [-0.25, -0.2) is 0 Å². The van der Waals surface area contributed by atoms with Gasteiger partial charge < -0.3 is 10.8 Å². The molecule has 0 saturated heterocycles. The predicted octanol–water partition coefficient (Wildman–Crippen LogP) is 0.848. The van der Waals surface area contributed by atoms with Crippen molar-refractivity contribution in [3.63, 3.8) is 0 Å². The molecule has 1 unspecified atom stereocenters. The van der Waals surface area contributed by atoms with Crippen molar-refractivity contribution in [3.8, 4) is 0 Å². The molecule has 0 bridgehead atoms. The second-order valence-corrected chi connectivity index (χ2v) is 3.63. The quantitative estimate of drug-likeness (QED) is 0.620. The van der Waals surface area contributed by atoms with Crippen LogP contribution >= 0.6 is 12.2 Å². The van der Waals surface area contributed by atoms with Gasteiger partial charge in [-0.2, -0.15) is 0 Å². The van der Waals surface area contributed by atoms with Crippen molar-refractivity contribution in [1.82, 2.24) is 4.90 Å². The number of carboxylic acids is 1. The number of nitrogens with zero attached hydrogens (tertiary/aromatic N) is 1. The molecule has 5 heteroatoms. The summed E-state index contributed by atoms with van der Waals surface area (Å²) >= 11 is 4.75. The van der Waals surface area contributed by atoms with Gasteiger partial charge in [0.15, 0.2) is 0 Å². The van der Waals surface area contributed by atoms with Crippen molar-refractivity contribution in [3.05, 3.63) is 0 Å². The highest BCUT2D eigenvalue weighted by molar-refractivity contribution is 7.80. The molecule has 0 heterocycles. The Bertz CT molecular complexity index is 209. The third-order valence-electron chi connectivity index (χ3n) is 2.16. The zero-order valence-electron chi connectivity index (χ0n) is 8.69. The van der Waals surface area contributed by atoms with E-state index in [0.717, 1.165) is 0 Å². The van der Waals surface area contributed by atoms with Gasteiger partial charge in [-0.3, -0.25) is 9.69 Å². The van der Waals surface area contributed by atoms with Crippen LogP contribution in [0.1, 0.15) is 26.7 Å². The summed E-state index contributed by atoms with van der Waals surface area (Å²) < 4.78 is 0. The van der Waals surface area contributed by atoms with Crippen molar-refractivity contribution in [2.45, 2.75) is 32.7 Å². The van der Waals surface area contributed by atoms with E-state index in [2.05, 4.69) is 0 Å². The van der Waals surface area contributed by atoms with Crippen LogP contribution in [0.2, 0.25) is 0 Å². The SMILES string of the molecule is CCC(C(=O)O)N(CC)CCC(N)=S. The fourth-order valence-corrected chi connectivity index (χ4v) is 1.47. The number of rotatable bonds is 7. The largest absolute Gasteiger partial charge is 0.480 e. The van der Waals surface area contributed by atoms with Crippen LogP contribution in [0.5, 0.6) is 0 Å². The Morgan fingerprint density at radius 1 is 1.57 bits per heavy atom. The summed E-state index contributed by atoms with van der Waals surface area (Å²) in [6.07, 6.45) is 1.17. The smallest absolute Gasteiger partial charge is 0.320 e. The molecule has 3 N–H and O–H groups in total. The number of carboxylic acid groups (broad SMARTS) is 1. The van der Waals surface area contributed by atoms with Crippen LogP contribution in [-0.2, 0) is 4.79 Å². The molecule has 0 saturated carbocycles. The van der Waals surface area contributed by atoms with Crippen molar-refractivity contribution < 1.29 is 9.90 Å². The van der Waals surface area contributed by atoms with Crippen LogP contribution in [0.15, 0.2) is 0 Å². The Morgan fingerprint density at radius 3 is 2.43 bits per heavy atom. The summed E-state index contributed by atoms with van der Waals surface area (Å²) in [6.45, 7) is 5.12. The van der Waals surface area contributed by atoms with E-state index in [-0.39, 0.29) is 0 Å². The molecular formula is C9H18N2O2S. The Hall–Kier alpha value is -0.680. The second-order valence-electron chi connectivity index (χ2n) is 3.11. The van der Waals surface area contributed by atoms with Crippen molar-refractivity contribution >= 4 is 23.2 Å². The molecule has 1 atom stereocenters. The van der Waals surface area contributed by atoms with Crippen LogP contribution in [0.25, 0.3) is 0 Å². The standard InChI is InChI=1S/C9H18N2O2S/c1-3-7(9(12)13)11(4-2)6-5-8(10)14/h7H,3-6H2,1-2H3,(H2,10,14)(H,12,13). The van der Waals surface area contributed by atoms with Crippen LogP contribution in [0.4, 0.5) is 0 Å². The molecule has 0 spiro atoms. The third-order valence-corrected chi connectivity index (χ3v) is 2.37. The summed E-state index contributed by atoms with van der Waals surface area (Å²) in [7, 11) is 0. The van der Waals surface area contributed by atoms with E-state index in [1.54, 1.807) is 0 Å². The Labute approximate surface area is 90.1 Å². The first kappa shape index (κ1) is 13.3. The second kappa shape index (κ2) is 6.73. The lowest BCUT2D eigenvalue weighted by Gasteiger charge is -2.26. The van der Waals surface area contributed by atoms with E-state index in [9.17, 15) is 4.79 Å². The van der Waals surface area contributed by atoms with Gasteiger partial charge >= 0.3 is 5.97 Å². The highest BCUT2D eigenvalue weighted by atomic mass is 32.1. The molecule has 0 aliphatic carbocycles. The predicted molar refractivity (Wildman–Crippen MR) is 60.4 cm³/mol. The Balaban J connectivity index is 4.21. The number of aliphatic carboxylic acids is 1. The van der Waals surface area contributed by atoms with Gasteiger partial charge in [-0.1, -0.05) is 26.1 Å². The van der Waals surface area contributed by atoms with E-state index >= 15 is 0 Å². The van der Waals surface area contributed by atoms with Crippen molar-refractivity contribution in [2.24, 2.45) is 5.73 Å². The minimum atomic E-state index is -0.780. The summed E-state index contributed by atoms with van der Waals surface area (Å²) in [6, 6.07) is -0.422. The number of nitrogens with two attached hydrogens (primary N) is 1. The molecule has 4 nitrogen and oxygen atoms in total. The number of hydrogen-bond donors (Lipinski definition) is 2. The molecule has 0 rings (SSSR count). The fraction of sp³-hybridized carbons (Fsp3) is 0.778. The van der Waals surface area contributed by atoms with E-state index in [1.165, 1.54) is 0 Å². The van der Waals surface area contributed by atoms with Gasteiger partial charge in [0.25, 0.3) is 0 Å². The fourth-order valence-electron chi connectivity index (χ4n) is 1.38. The van der Waals surface area contributed by atoms with Gasteiger partial charge in [0, 0.05) is 13.0 Å². The lowest BCUT2D eigenvalue weighted by Crippen LogP contribution is -2.42. The Kier molecular flexibility index (Phi) is 6.40. The van der Waals surface area contributed by atoms with Gasteiger partial charge in [0.05, 0.1) is 4.99 Å². The highest BCUT2D eigenvalue weighted by Gasteiger charge is 2.21. The third kappa shape index (κ3) is 4.53.